The molecule has 0 saturated carbocycles. The molecule has 17 rings (SSSR count). The molecular weight excluding hydrogens is 889 g/mol. The minimum atomic E-state index is 0.480. The zero-order chi connectivity index (χ0) is 46.8. The second-order valence-electron chi connectivity index (χ2n) is 18.8. The molecule has 7 aromatic heterocycles. The third-order valence-electron chi connectivity index (χ3n) is 14.9. The van der Waals surface area contributed by atoms with E-state index in [1.807, 2.05) is 36.4 Å². The van der Waals surface area contributed by atoms with E-state index in [2.05, 4.69) is 184 Å². The van der Waals surface area contributed by atoms with Crippen molar-refractivity contribution in [2.45, 2.75) is 0 Å². The SMILES string of the molecule is c1ccc2c(c1)oc1cc3c(cc12)c1ccccc1n3-c1ccc(-c2nc(-n3c4ccccc4c4cc5c(cc43)oc3ccccc35)nc(-n3c4ccccc4c4cc5c(cc43)oc3ccccc35)n2)cc1. The van der Waals surface area contributed by atoms with Gasteiger partial charge >= 0.3 is 0 Å². The van der Waals surface area contributed by atoms with Crippen LogP contribution in [0.3, 0.4) is 0 Å². The van der Waals surface area contributed by atoms with Crippen molar-refractivity contribution in [1.82, 2.24) is 28.7 Å². The summed E-state index contributed by atoms with van der Waals surface area (Å²) in [6.45, 7) is 0. The van der Waals surface area contributed by atoms with E-state index < -0.39 is 0 Å². The van der Waals surface area contributed by atoms with E-state index in [0.29, 0.717) is 17.7 Å². The van der Waals surface area contributed by atoms with Crippen LogP contribution in [0.4, 0.5) is 0 Å². The maximum Gasteiger partial charge on any atom is 0.240 e. The van der Waals surface area contributed by atoms with Crippen LogP contribution >= 0.6 is 0 Å². The lowest BCUT2D eigenvalue weighted by atomic mass is 10.1. The van der Waals surface area contributed by atoms with Gasteiger partial charge in [-0.15, -0.1) is 0 Å². The van der Waals surface area contributed by atoms with Gasteiger partial charge in [0.25, 0.3) is 0 Å². The van der Waals surface area contributed by atoms with E-state index in [0.717, 1.165) is 137 Å². The molecule has 0 unspecified atom stereocenters. The summed E-state index contributed by atoms with van der Waals surface area (Å²) in [7, 11) is 0. The van der Waals surface area contributed by atoms with Gasteiger partial charge in [-0.05, 0) is 78.9 Å². The number of nitrogens with zero attached hydrogens (tertiary/aromatic N) is 6. The van der Waals surface area contributed by atoms with Gasteiger partial charge in [0.05, 0.1) is 33.1 Å². The fourth-order valence-electron chi connectivity index (χ4n) is 11.7. The number of benzene rings is 10. The molecule has 10 aromatic carbocycles. The number of rotatable bonds is 4. The molecule has 0 saturated heterocycles. The summed E-state index contributed by atoms with van der Waals surface area (Å²) in [5.74, 6) is 1.49. The Morgan fingerprint density at radius 2 is 0.597 bits per heavy atom. The Morgan fingerprint density at radius 3 is 1.01 bits per heavy atom. The first-order chi connectivity index (χ1) is 35.7. The number of furan rings is 3. The molecule has 72 heavy (non-hydrogen) atoms. The lowest BCUT2D eigenvalue weighted by molar-refractivity contribution is 0.669. The normalized spacial score (nSPS) is 12.4. The molecule has 0 spiro atoms. The first-order valence-electron chi connectivity index (χ1n) is 24.1. The van der Waals surface area contributed by atoms with Crippen LogP contribution < -0.4 is 0 Å². The van der Waals surface area contributed by atoms with Gasteiger partial charge < -0.3 is 17.8 Å². The van der Waals surface area contributed by atoms with Crippen LogP contribution in [0, 0.1) is 0 Å². The molecule has 0 aliphatic heterocycles. The second kappa shape index (κ2) is 13.8. The highest BCUT2D eigenvalue weighted by Gasteiger charge is 2.24. The maximum absolute atomic E-state index is 6.52. The number of hydrogen-bond donors (Lipinski definition) is 0. The predicted octanol–water partition coefficient (Wildman–Crippen LogP) is 16.5. The summed E-state index contributed by atoms with van der Waals surface area (Å²) in [6.07, 6.45) is 0. The lowest BCUT2D eigenvalue weighted by Gasteiger charge is -2.13. The summed E-state index contributed by atoms with van der Waals surface area (Å²) in [5.41, 5.74) is 12.8. The highest BCUT2D eigenvalue weighted by molar-refractivity contribution is 6.20. The Balaban J connectivity index is 0.920. The molecule has 334 valence electrons. The molecule has 9 nitrogen and oxygen atoms in total. The largest absolute Gasteiger partial charge is 0.456 e. The molecule has 7 heterocycles. The Labute approximate surface area is 406 Å². The van der Waals surface area contributed by atoms with Gasteiger partial charge in [0.15, 0.2) is 5.82 Å². The average molecular weight is 923 g/mol. The summed E-state index contributed by atoms with van der Waals surface area (Å²) in [6, 6.07) is 71.9. The highest BCUT2D eigenvalue weighted by Crippen LogP contribution is 2.42. The highest BCUT2D eigenvalue weighted by atomic mass is 16.3. The standard InChI is InChI=1S/C63H34N6O3/c1-7-19-49-37(13-1)43-29-46-40-16-4-10-22-55(40)70-58(46)32-52(43)67(49)36-27-25-35(26-28-36)61-64-62(68-50-20-8-2-14-38(50)44-30-47-41-17-5-11-23-56(41)71-59(47)33-53(44)68)66-63(65-61)69-51-21-9-3-15-39(51)45-31-48-42-18-6-12-24-57(42)72-60(48)34-54(45)69/h1-34H. The smallest absolute Gasteiger partial charge is 0.240 e. The quantitative estimate of drug-likeness (QED) is 0.175. The van der Waals surface area contributed by atoms with Crippen LogP contribution in [-0.4, -0.2) is 28.7 Å². The van der Waals surface area contributed by atoms with Crippen molar-refractivity contribution in [3.63, 3.8) is 0 Å². The summed E-state index contributed by atoms with van der Waals surface area (Å²) >= 11 is 0. The topological polar surface area (TPSA) is 92.9 Å². The molecule has 17 aromatic rings. The van der Waals surface area contributed by atoms with Crippen molar-refractivity contribution in [3.05, 3.63) is 206 Å². The number of hydrogen-bond acceptors (Lipinski definition) is 6. The molecule has 0 amide bonds. The monoisotopic (exact) mass is 922 g/mol. The van der Waals surface area contributed by atoms with Crippen molar-refractivity contribution in [2.24, 2.45) is 0 Å². The molecule has 0 radical (unpaired) electrons. The fourth-order valence-corrected chi connectivity index (χ4v) is 11.7. The molecule has 0 bridgehead atoms. The Morgan fingerprint density at radius 1 is 0.250 bits per heavy atom. The second-order valence-corrected chi connectivity index (χ2v) is 18.8. The van der Waals surface area contributed by atoms with Crippen molar-refractivity contribution in [1.29, 1.82) is 0 Å². The summed E-state index contributed by atoms with van der Waals surface area (Å²) in [4.78, 5) is 16.3. The van der Waals surface area contributed by atoms with Crippen LogP contribution in [0.15, 0.2) is 220 Å². The van der Waals surface area contributed by atoms with Crippen molar-refractivity contribution < 1.29 is 13.3 Å². The van der Waals surface area contributed by atoms with E-state index in [9.17, 15) is 0 Å². The summed E-state index contributed by atoms with van der Waals surface area (Å²) < 4.78 is 26.1. The van der Waals surface area contributed by atoms with Crippen molar-refractivity contribution >= 4 is 131 Å². The van der Waals surface area contributed by atoms with Crippen molar-refractivity contribution in [3.8, 4) is 29.0 Å². The van der Waals surface area contributed by atoms with Gasteiger partial charge in [0.2, 0.25) is 11.9 Å². The molecule has 9 heteroatoms. The summed E-state index contributed by atoms with van der Waals surface area (Å²) in [5, 5.41) is 13.2. The van der Waals surface area contributed by atoms with Crippen LogP contribution in [-0.2, 0) is 0 Å². The number of fused-ring (bicyclic) bond motifs is 18. The number of para-hydroxylation sites is 6. The van der Waals surface area contributed by atoms with E-state index in [-0.39, 0.29) is 0 Å². The zero-order valence-electron chi connectivity index (χ0n) is 38.0. The van der Waals surface area contributed by atoms with Gasteiger partial charge in [0, 0.05) is 94.1 Å². The van der Waals surface area contributed by atoms with Crippen LogP contribution in [0.25, 0.3) is 160 Å². The molecule has 0 aliphatic carbocycles. The van der Waals surface area contributed by atoms with Gasteiger partial charge in [-0.3, -0.25) is 9.13 Å². The van der Waals surface area contributed by atoms with E-state index in [1.165, 1.54) is 5.39 Å². The minimum absolute atomic E-state index is 0.480. The lowest BCUT2D eigenvalue weighted by Crippen LogP contribution is -2.10. The first-order valence-corrected chi connectivity index (χ1v) is 24.1. The van der Waals surface area contributed by atoms with Crippen LogP contribution in [0.1, 0.15) is 0 Å². The predicted molar refractivity (Wildman–Crippen MR) is 290 cm³/mol. The van der Waals surface area contributed by atoms with Gasteiger partial charge in [-0.2, -0.15) is 15.0 Å². The number of aromatic nitrogens is 6. The third kappa shape index (κ3) is 5.12. The molecule has 0 fully saturated rings. The Bertz CT molecular complexity index is 4970. The maximum atomic E-state index is 6.52. The Kier molecular flexibility index (Phi) is 7.29. The average Bonchev–Trinajstić information content (AvgIpc) is 4.28. The molecular formula is C63H34N6O3. The van der Waals surface area contributed by atoms with Crippen LogP contribution in [0.5, 0.6) is 0 Å². The molecule has 0 N–H and O–H groups in total. The van der Waals surface area contributed by atoms with E-state index in [1.54, 1.807) is 0 Å². The zero-order valence-corrected chi connectivity index (χ0v) is 38.0. The Hall–Kier alpha value is -9.99. The minimum Gasteiger partial charge on any atom is -0.456 e. The van der Waals surface area contributed by atoms with Gasteiger partial charge in [-0.1, -0.05) is 109 Å². The van der Waals surface area contributed by atoms with E-state index in [4.69, 9.17) is 28.2 Å². The van der Waals surface area contributed by atoms with Gasteiger partial charge in [0.1, 0.15) is 33.5 Å². The van der Waals surface area contributed by atoms with Gasteiger partial charge in [-0.25, -0.2) is 0 Å². The first kappa shape index (κ1) is 37.9. The van der Waals surface area contributed by atoms with Crippen molar-refractivity contribution in [2.75, 3.05) is 0 Å². The van der Waals surface area contributed by atoms with Crippen LogP contribution in [0.2, 0.25) is 0 Å². The molecule has 0 atom stereocenters. The molecule has 0 aliphatic rings. The third-order valence-corrected chi connectivity index (χ3v) is 14.9. The van der Waals surface area contributed by atoms with E-state index >= 15 is 0 Å². The fraction of sp³-hybridized carbons (Fsp3) is 0.